The monoisotopic (exact) mass is 354 g/mol. The normalized spacial score (nSPS) is 12.3. The number of carbonyl (C=O) groups excluding carboxylic acids is 2. The number of fused-ring (bicyclic) bond motifs is 2. The van der Waals surface area contributed by atoms with Gasteiger partial charge in [0.1, 0.15) is 5.58 Å². The van der Waals surface area contributed by atoms with E-state index in [1.165, 1.54) is 13.0 Å². The summed E-state index contributed by atoms with van der Waals surface area (Å²) in [6.07, 6.45) is 0.751. The van der Waals surface area contributed by atoms with Gasteiger partial charge in [0.25, 0.3) is 0 Å². The van der Waals surface area contributed by atoms with Crippen molar-refractivity contribution in [2.75, 3.05) is 7.11 Å². The Hall–Kier alpha value is -3.22. The maximum absolute atomic E-state index is 12.9. The largest absolute Gasteiger partial charge is 0.549 e. The number of hydrogen-bond acceptors (Lipinski definition) is 7. The van der Waals surface area contributed by atoms with Crippen molar-refractivity contribution in [1.82, 2.24) is 4.98 Å². The first-order chi connectivity index (χ1) is 12.4. The highest BCUT2D eigenvalue weighted by Gasteiger charge is 2.23. The second-order valence-corrected chi connectivity index (χ2v) is 5.92. The zero-order chi connectivity index (χ0) is 19.0. The number of methoxy groups -OCH3 is 1. The van der Waals surface area contributed by atoms with Gasteiger partial charge >= 0.3 is 5.97 Å². The molecule has 0 saturated heterocycles. The Balaban J connectivity index is 2.40. The molecule has 0 saturated carbocycles. The second-order valence-electron chi connectivity index (χ2n) is 5.92. The van der Waals surface area contributed by atoms with Crippen molar-refractivity contribution >= 4 is 34.0 Å². The van der Waals surface area contributed by atoms with E-state index in [0.717, 1.165) is 19.1 Å². The summed E-state index contributed by atoms with van der Waals surface area (Å²) in [4.78, 5) is 40.3. The summed E-state index contributed by atoms with van der Waals surface area (Å²) in [5, 5.41) is 11.7. The molecule has 26 heavy (non-hydrogen) atoms. The van der Waals surface area contributed by atoms with E-state index >= 15 is 0 Å². The number of esters is 1. The van der Waals surface area contributed by atoms with Crippen molar-refractivity contribution in [3.8, 4) is 0 Å². The summed E-state index contributed by atoms with van der Waals surface area (Å²) in [7, 11) is 1.16. The van der Waals surface area contributed by atoms with Crippen molar-refractivity contribution in [1.29, 1.82) is 0 Å². The van der Waals surface area contributed by atoms with Crippen LogP contribution < -0.4 is 10.5 Å². The quantitative estimate of drug-likeness (QED) is 0.516. The van der Waals surface area contributed by atoms with E-state index < -0.39 is 17.9 Å². The minimum atomic E-state index is -1.40. The number of aliphatic carboxylic acids is 1. The van der Waals surface area contributed by atoms with Crippen LogP contribution in [0.25, 0.3) is 22.1 Å². The van der Waals surface area contributed by atoms with Gasteiger partial charge in [-0.15, -0.1) is 0 Å². The lowest BCUT2D eigenvalue weighted by atomic mass is 10.00. The summed E-state index contributed by atoms with van der Waals surface area (Å²) in [6, 6.07) is 6.51. The first-order valence-electron chi connectivity index (χ1n) is 8.07. The number of nitrogens with zero attached hydrogens (tertiary/aromatic N) is 1. The minimum Gasteiger partial charge on any atom is -0.549 e. The highest BCUT2D eigenvalue weighted by molar-refractivity contribution is 5.97. The van der Waals surface area contributed by atoms with Crippen LogP contribution in [0.5, 0.6) is 0 Å². The molecule has 0 aliphatic carbocycles. The molecule has 1 aromatic carbocycles. The standard InChI is InChI=1S/C19H17NO6/c1-4-10-5-6-14-11(7-10)16(21)13-8-12(19(24)25-3)15(9(2)18(22)23)20-17(13)26-14/h5-9H,4H2,1-3H3,(H,22,23)/p-1. The van der Waals surface area contributed by atoms with Crippen LogP contribution in [-0.4, -0.2) is 24.0 Å². The van der Waals surface area contributed by atoms with E-state index in [-0.39, 0.29) is 27.8 Å². The van der Waals surface area contributed by atoms with Gasteiger partial charge in [-0.25, -0.2) is 9.78 Å². The molecule has 2 aromatic heterocycles. The van der Waals surface area contributed by atoms with E-state index in [4.69, 9.17) is 9.15 Å². The van der Waals surface area contributed by atoms with Crippen LogP contribution in [0, 0.1) is 0 Å². The number of carboxylic acid groups (broad SMARTS) is 1. The number of carbonyl (C=O) groups is 2. The summed E-state index contributed by atoms with van der Waals surface area (Å²) in [5.74, 6) is -3.38. The fraction of sp³-hybridized carbons (Fsp3) is 0.263. The molecule has 0 bridgehead atoms. The first-order valence-corrected chi connectivity index (χ1v) is 8.07. The highest BCUT2D eigenvalue weighted by Crippen LogP contribution is 2.25. The fourth-order valence-corrected chi connectivity index (χ4v) is 2.78. The van der Waals surface area contributed by atoms with Crippen molar-refractivity contribution in [3.05, 3.63) is 51.3 Å². The van der Waals surface area contributed by atoms with Gasteiger partial charge in [-0.2, -0.15) is 0 Å². The summed E-state index contributed by atoms with van der Waals surface area (Å²) in [6.45, 7) is 3.30. The minimum absolute atomic E-state index is 0.0394. The summed E-state index contributed by atoms with van der Waals surface area (Å²) in [5.41, 5.74) is 0.744. The number of aromatic nitrogens is 1. The van der Waals surface area contributed by atoms with Crippen molar-refractivity contribution in [3.63, 3.8) is 0 Å². The zero-order valence-corrected chi connectivity index (χ0v) is 14.5. The Morgan fingerprint density at radius 2 is 2.00 bits per heavy atom. The average Bonchev–Trinajstić information content (AvgIpc) is 2.65. The predicted octanol–water partition coefficient (Wildman–Crippen LogP) is 1.54. The Labute approximate surface area is 148 Å². The van der Waals surface area contributed by atoms with E-state index in [9.17, 15) is 19.5 Å². The average molecular weight is 354 g/mol. The van der Waals surface area contributed by atoms with Crippen LogP contribution in [0.3, 0.4) is 0 Å². The lowest BCUT2D eigenvalue weighted by molar-refractivity contribution is -0.307. The topological polar surface area (TPSA) is 110 Å². The predicted molar refractivity (Wildman–Crippen MR) is 91.9 cm³/mol. The molecule has 3 rings (SSSR count). The van der Waals surface area contributed by atoms with Crippen molar-refractivity contribution in [2.45, 2.75) is 26.2 Å². The van der Waals surface area contributed by atoms with Gasteiger partial charge in [0.05, 0.1) is 35.1 Å². The van der Waals surface area contributed by atoms with Crippen LogP contribution >= 0.6 is 0 Å². The van der Waals surface area contributed by atoms with E-state index in [0.29, 0.717) is 11.0 Å². The number of benzene rings is 1. The third kappa shape index (κ3) is 2.81. The number of carboxylic acids is 1. The van der Waals surface area contributed by atoms with Crippen molar-refractivity contribution < 1.29 is 23.8 Å². The third-order valence-corrected chi connectivity index (χ3v) is 4.33. The van der Waals surface area contributed by atoms with Crippen LogP contribution in [0.1, 0.15) is 41.4 Å². The molecule has 0 amide bonds. The number of aryl methyl sites for hydroxylation is 1. The van der Waals surface area contributed by atoms with Gasteiger partial charge in [0.15, 0.2) is 0 Å². The van der Waals surface area contributed by atoms with Crippen molar-refractivity contribution in [2.24, 2.45) is 0 Å². The molecule has 0 spiro atoms. The van der Waals surface area contributed by atoms with Gasteiger partial charge in [-0.05, 0) is 30.2 Å². The molecule has 3 aromatic rings. The summed E-state index contributed by atoms with van der Waals surface area (Å²) >= 11 is 0. The van der Waals surface area contributed by atoms with E-state index in [2.05, 4.69) is 4.98 Å². The van der Waals surface area contributed by atoms with Gasteiger partial charge < -0.3 is 19.1 Å². The lowest BCUT2D eigenvalue weighted by Crippen LogP contribution is -2.30. The molecule has 0 N–H and O–H groups in total. The Bertz CT molecular complexity index is 1100. The van der Waals surface area contributed by atoms with Crippen LogP contribution in [0.15, 0.2) is 33.5 Å². The molecule has 0 aliphatic rings. The molecule has 1 unspecified atom stereocenters. The molecule has 0 radical (unpaired) electrons. The molecular weight excluding hydrogens is 338 g/mol. The maximum Gasteiger partial charge on any atom is 0.339 e. The number of pyridine rings is 1. The molecule has 7 heteroatoms. The number of ether oxygens (including phenoxy) is 1. The smallest absolute Gasteiger partial charge is 0.339 e. The zero-order valence-electron chi connectivity index (χ0n) is 14.5. The van der Waals surface area contributed by atoms with E-state index in [1.54, 1.807) is 12.1 Å². The van der Waals surface area contributed by atoms with Gasteiger partial charge in [0.2, 0.25) is 11.1 Å². The molecule has 0 fully saturated rings. The first kappa shape index (κ1) is 17.6. The maximum atomic E-state index is 12.9. The molecule has 1 atom stereocenters. The molecular formula is C19H16NO6-. The fourth-order valence-electron chi connectivity index (χ4n) is 2.78. The van der Waals surface area contributed by atoms with Gasteiger partial charge in [-0.3, -0.25) is 4.79 Å². The van der Waals surface area contributed by atoms with Crippen LogP contribution in [-0.2, 0) is 16.0 Å². The Morgan fingerprint density at radius 3 is 2.62 bits per heavy atom. The molecule has 7 nitrogen and oxygen atoms in total. The van der Waals surface area contributed by atoms with Crippen LogP contribution in [0.4, 0.5) is 0 Å². The second kappa shape index (κ2) is 6.59. The molecule has 0 aliphatic heterocycles. The van der Waals surface area contributed by atoms with Crippen LogP contribution in [0.2, 0.25) is 0 Å². The number of hydrogen-bond donors (Lipinski definition) is 0. The summed E-state index contributed by atoms with van der Waals surface area (Å²) < 4.78 is 10.4. The highest BCUT2D eigenvalue weighted by atomic mass is 16.5. The SMILES string of the molecule is CCc1ccc2oc3nc(C(C)C(=O)[O-])c(C(=O)OC)cc3c(=O)c2c1. The molecule has 2 heterocycles. The lowest BCUT2D eigenvalue weighted by Gasteiger charge is -2.15. The Kier molecular flexibility index (Phi) is 4.46. The van der Waals surface area contributed by atoms with E-state index in [1.807, 2.05) is 13.0 Å². The van der Waals surface area contributed by atoms with Gasteiger partial charge in [-0.1, -0.05) is 19.9 Å². The Morgan fingerprint density at radius 1 is 1.27 bits per heavy atom. The number of rotatable bonds is 4. The molecule has 134 valence electrons. The van der Waals surface area contributed by atoms with Gasteiger partial charge in [0, 0.05) is 5.92 Å². The third-order valence-electron chi connectivity index (χ3n) is 4.33.